The lowest BCUT2D eigenvalue weighted by Gasteiger charge is -2.56. The quantitative estimate of drug-likeness (QED) is 0.698. The predicted molar refractivity (Wildman–Crippen MR) is 63.2 cm³/mol. The summed E-state index contributed by atoms with van der Waals surface area (Å²) in [6.07, 6.45) is 9.09. The fourth-order valence-corrected chi connectivity index (χ4v) is 6.76. The Hall–Kier alpha value is -0.0800. The number of hydrogen-bond acceptors (Lipinski definition) is 2. The minimum Gasteiger partial charge on any atom is -0.365 e. The maximum Gasteiger partial charge on any atom is 0.172 e. The zero-order chi connectivity index (χ0) is 11.5. The van der Waals surface area contributed by atoms with Crippen LogP contribution in [0.1, 0.15) is 51.9 Å². The topological polar surface area (TPSA) is 29.5 Å². The van der Waals surface area contributed by atoms with Crippen LogP contribution in [0.2, 0.25) is 0 Å². The van der Waals surface area contributed by atoms with Crippen LogP contribution < -0.4 is 0 Å². The summed E-state index contributed by atoms with van der Waals surface area (Å²) < 4.78 is 6.35. The Kier molecular flexibility index (Phi) is 1.42. The Balaban J connectivity index is 1.77. The van der Waals surface area contributed by atoms with Gasteiger partial charge in [0.05, 0.1) is 5.60 Å². The molecule has 0 aromatic carbocycles. The van der Waals surface area contributed by atoms with Crippen LogP contribution in [0.25, 0.3) is 0 Å². The van der Waals surface area contributed by atoms with E-state index < -0.39 is 5.79 Å². The molecule has 1 aliphatic heterocycles. The van der Waals surface area contributed by atoms with Gasteiger partial charge in [0.2, 0.25) is 0 Å². The molecule has 1 spiro atoms. The first-order valence-corrected chi connectivity index (χ1v) is 7.53. The third-order valence-corrected chi connectivity index (χ3v) is 7.17. The zero-order valence-corrected chi connectivity index (χ0v) is 10.6. The molecule has 1 heterocycles. The Labute approximate surface area is 103 Å². The van der Waals surface area contributed by atoms with Gasteiger partial charge in [0.15, 0.2) is 5.79 Å². The highest BCUT2D eigenvalue weighted by molar-refractivity contribution is 5.25. The number of hydrogen-bond donors (Lipinski definition) is 1. The molecule has 0 unspecified atom stereocenters. The first kappa shape index (κ1) is 9.80. The minimum absolute atomic E-state index is 0.00546. The molecule has 5 bridgehead atoms. The second-order valence-electron chi connectivity index (χ2n) is 7.67. The van der Waals surface area contributed by atoms with Gasteiger partial charge in [-0.2, -0.15) is 0 Å². The lowest BCUT2D eigenvalue weighted by atomic mass is 9.47. The molecule has 2 heteroatoms. The van der Waals surface area contributed by atoms with Gasteiger partial charge in [0, 0.05) is 17.8 Å². The summed E-state index contributed by atoms with van der Waals surface area (Å²) in [5.41, 5.74) is 0.608. The van der Waals surface area contributed by atoms with E-state index in [2.05, 4.69) is 6.92 Å². The lowest BCUT2D eigenvalue weighted by Crippen LogP contribution is -2.58. The molecule has 1 N–H and O–H groups in total. The maximum absolute atomic E-state index is 11.1. The van der Waals surface area contributed by atoms with E-state index in [9.17, 15) is 5.11 Å². The number of rotatable bonds is 0. The van der Waals surface area contributed by atoms with Crippen LogP contribution in [0.15, 0.2) is 0 Å². The van der Waals surface area contributed by atoms with Crippen LogP contribution in [-0.4, -0.2) is 16.5 Å². The van der Waals surface area contributed by atoms with Crippen molar-refractivity contribution in [1.29, 1.82) is 0 Å². The highest BCUT2D eigenvalue weighted by Crippen LogP contribution is 2.79. The molecule has 4 aliphatic carbocycles. The molecular formula is C15H22O2. The fourth-order valence-electron chi connectivity index (χ4n) is 6.76. The van der Waals surface area contributed by atoms with Crippen LogP contribution in [0.4, 0.5) is 0 Å². The number of aliphatic hydroxyl groups is 1. The summed E-state index contributed by atoms with van der Waals surface area (Å²) in [6.45, 7) is 2.30. The van der Waals surface area contributed by atoms with E-state index >= 15 is 0 Å². The fraction of sp³-hybridized carbons (Fsp3) is 1.00. The van der Waals surface area contributed by atoms with Crippen molar-refractivity contribution in [3.05, 3.63) is 0 Å². The molecule has 0 aromatic heterocycles. The molecule has 0 radical (unpaired) electrons. The summed E-state index contributed by atoms with van der Waals surface area (Å²) in [5, 5.41) is 11.1. The third kappa shape index (κ3) is 0.831. The SMILES string of the molecule is C[C@@]12CC[C@@H]3[C@H]4CCC[C@@H]([C@H]1C31CC1)[C@@]4(O)O2. The molecule has 5 fully saturated rings. The molecule has 5 aliphatic rings. The molecule has 5 rings (SSSR count). The Bertz CT molecular complexity index is 392. The van der Waals surface area contributed by atoms with E-state index in [-0.39, 0.29) is 5.60 Å². The molecule has 94 valence electrons. The molecule has 6 atom stereocenters. The van der Waals surface area contributed by atoms with Gasteiger partial charge < -0.3 is 9.84 Å². The second-order valence-corrected chi connectivity index (χ2v) is 7.67. The first-order chi connectivity index (χ1) is 8.10. The molecule has 17 heavy (non-hydrogen) atoms. The molecule has 2 nitrogen and oxygen atoms in total. The highest BCUT2D eigenvalue weighted by Gasteiger charge is 2.80. The van der Waals surface area contributed by atoms with Crippen LogP contribution in [-0.2, 0) is 4.74 Å². The highest BCUT2D eigenvalue weighted by atomic mass is 16.6. The molecular weight excluding hydrogens is 212 g/mol. The van der Waals surface area contributed by atoms with Crippen molar-refractivity contribution >= 4 is 0 Å². The van der Waals surface area contributed by atoms with E-state index in [1.54, 1.807) is 0 Å². The minimum atomic E-state index is -0.729. The largest absolute Gasteiger partial charge is 0.365 e. The normalized spacial score (nSPS) is 65.3. The van der Waals surface area contributed by atoms with Gasteiger partial charge in [-0.3, -0.25) is 0 Å². The van der Waals surface area contributed by atoms with E-state index in [0.29, 0.717) is 23.2 Å². The van der Waals surface area contributed by atoms with Crippen molar-refractivity contribution in [2.75, 3.05) is 0 Å². The van der Waals surface area contributed by atoms with E-state index in [1.165, 1.54) is 44.9 Å². The van der Waals surface area contributed by atoms with Gasteiger partial charge in [-0.1, -0.05) is 6.42 Å². The Morgan fingerprint density at radius 2 is 1.76 bits per heavy atom. The van der Waals surface area contributed by atoms with Crippen LogP contribution in [0, 0.1) is 29.1 Å². The predicted octanol–water partition coefficient (Wildman–Crippen LogP) is 2.70. The summed E-state index contributed by atoms with van der Waals surface area (Å²) in [6, 6.07) is 0. The zero-order valence-electron chi connectivity index (χ0n) is 10.6. The van der Waals surface area contributed by atoms with Gasteiger partial charge in [-0.25, -0.2) is 0 Å². The summed E-state index contributed by atoms with van der Waals surface area (Å²) in [7, 11) is 0. The van der Waals surface area contributed by atoms with Gasteiger partial charge in [-0.15, -0.1) is 0 Å². The van der Waals surface area contributed by atoms with Crippen molar-refractivity contribution in [3.63, 3.8) is 0 Å². The average Bonchev–Trinajstić information content (AvgIpc) is 2.98. The Morgan fingerprint density at radius 3 is 2.53 bits per heavy atom. The first-order valence-electron chi connectivity index (χ1n) is 7.53. The average molecular weight is 234 g/mol. The summed E-state index contributed by atoms with van der Waals surface area (Å²) in [5.74, 6) is 1.65. The van der Waals surface area contributed by atoms with Gasteiger partial charge in [0.1, 0.15) is 0 Å². The number of ether oxygens (including phenoxy) is 1. The van der Waals surface area contributed by atoms with Crippen LogP contribution in [0.3, 0.4) is 0 Å². The second kappa shape index (κ2) is 2.46. The number of fused-ring (bicyclic) bond motifs is 1. The summed E-state index contributed by atoms with van der Waals surface area (Å²) in [4.78, 5) is 0. The third-order valence-electron chi connectivity index (χ3n) is 7.17. The van der Waals surface area contributed by atoms with Gasteiger partial charge in [0.25, 0.3) is 0 Å². The standard InChI is InChI=1S/C15H22O2/c1-13-6-5-9-10-3-2-4-11(15(10,16)17-13)12(13)14(9)7-8-14/h9-12,16H,2-8H2,1H3/t9-,10-,11+,12-,13-,15+/m1/s1. The van der Waals surface area contributed by atoms with Gasteiger partial charge >= 0.3 is 0 Å². The van der Waals surface area contributed by atoms with E-state index in [1.807, 2.05) is 0 Å². The van der Waals surface area contributed by atoms with Crippen molar-refractivity contribution in [1.82, 2.24) is 0 Å². The van der Waals surface area contributed by atoms with Crippen molar-refractivity contribution in [2.45, 2.75) is 63.3 Å². The summed E-state index contributed by atoms with van der Waals surface area (Å²) >= 11 is 0. The molecule has 0 aromatic rings. The maximum atomic E-state index is 11.1. The van der Waals surface area contributed by atoms with Crippen molar-refractivity contribution < 1.29 is 9.84 Å². The van der Waals surface area contributed by atoms with Crippen LogP contribution in [0.5, 0.6) is 0 Å². The molecule has 0 amide bonds. The van der Waals surface area contributed by atoms with Crippen molar-refractivity contribution in [2.24, 2.45) is 29.1 Å². The molecule has 1 saturated heterocycles. The van der Waals surface area contributed by atoms with Crippen LogP contribution >= 0.6 is 0 Å². The smallest absolute Gasteiger partial charge is 0.172 e. The lowest BCUT2D eigenvalue weighted by molar-refractivity contribution is -0.278. The van der Waals surface area contributed by atoms with Gasteiger partial charge in [-0.05, 0) is 56.8 Å². The van der Waals surface area contributed by atoms with Crippen molar-refractivity contribution in [3.8, 4) is 0 Å². The van der Waals surface area contributed by atoms with E-state index in [0.717, 1.165) is 5.92 Å². The molecule has 4 saturated carbocycles. The monoisotopic (exact) mass is 234 g/mol. The Morgan fingerprint density at radius 1 is 1.00 bits per heavy atom. The van der Waals surface area contributed by atoms with E-state index in [4.69, 9.17) is 4.74 Å².